The molecule has 0 aromatic heterocycles. The Kier molecular flexibility index (Phi) is 9.10. The minimum atomic E-state index is 0.811. The highest BCUT2D eigenvalue weighted by Gasteiger charge is 2.21. The molecule has 6 nitrogen and oxygen atoms in total. The number of methoxy groups -OCH3 is 1. The maximum atomic E-state index is 5.61. The van der Waals surface area contributed by atoms with Crippen LogP contribution < -0.4 is 15.0 Å². The van der Waals surface area contributed by atoms with Gasteiger partial charge in [0, 0.05) is 53.0 Å². The molecule has 0 spiro atoms. The molecule has 0 saturated carbocycles. The summed E-state index contributed by atoms with van der Waals surface area (Å²) in [6, 6.07) is 8.22. The van der Waals surface area contributed by atoms with E-state index >= 15 is 0 Å². The first-order valence-corrected chi connectivity index (χ1v) is 9.71. The third kappa shape index (κ3) is 6.09. The van der Waals surface area contributed by atoms with Crippen molar-refractivity contribution < 1.29 is 9.47 Å². The molecular formula is C20H34N4O2. The van der Waals surface area contributed by atoms with Gasteiger partial charge in [-0.05, 0) is 25.0 Å². The Balaban J connectivity index is 1.73. The molecule has 146 valence electrons. The second kappa shape index (κ2) is 11.6. The monoisotopic (exact) mass is 362 g/mol. The summed E-state index contributed by atoms with van der Waals surface area (Å²) < 4.78 is 11.1. The topological polar surface area (TPSA) is 49.3 Å². The predicted octanol–water partition coefficient (Wildman–Crippen LogP) is 2.60. The van der Waals surface area contributed by atoms with Crippen molar-refractivity contribution in [3.05, 3.63) is 24.3 Å². The number of hydrogen-bond donors (Lipinski definition) is 1. The van der Waals surface area contributed by atoms with Crippen LogP contribution in [0.15, 0.2) is 29.3 Å². The van der Waals surface area contributed by atoms with E-state index in [-0.39, 0.29) is 0 Å². The van der Waals surface area contributed by atoms with E-state index in [9.17, 15) is 0 Å². The van der Waals surface area contributed by atoms with E-state index in [1.54, 1.807) is 7.11 Å². The van der Waals surface area contributed by atoms with Gasteiger partial charge in [-0.15, -0.1) is 0 Å². The Hall–Kier alpha value is -1.95. The van der Waals surface area contributed by atoms with Gasteiger partial charge in [-0.1, -0.05) is 25.5 Å². The fourth-order valence-electron chi connectivity index (χ4n) is 3.11. The van der Waals surface area contributed by atoms with Crippen LogP contribution in [0.5, 0.6) is 5.75 Å². The van der Waals surface area contributed by atoms with Gasteiger partial charge in [0.2, 0.25) is 0 Å². The predicted molar refractivity (Wildman–Crippen MR) is 108 cm³/mol. The quantitative estimate of drug-likeness (QED) is 0.416. The average molecular weight is 363 g/mol. The van der Waals surface area contributed by atoms with Gasteiger partial charge in [0.05, 0.1) is 12.8 Å². The number of nitrogens with one attached hydrogen (secondary N) is 1. The van der Waals surface area contributed by atoms with E-state index in [1.807, 2.05) is 19.2 Å². The zero-order valence-corrected chi connectivity index (χ0v) is 16.5. The summed E-state index contributed by atoms with van der Waals surface area (Å²) >= 11 is 0. The van der Waals surface area contributed by atoms with Gasteiger partial charge in [0.15, 0.2) is 5.96 Å². The third-order valence-corrected chi connectivity index (χ3v) is 4.61. The van der Waals surface area contributed by atoms with Crippen LogP contribution in [-0.2, 0) is 4.74 Å². The highest BCUT2D eigenvalue weighted by atomic mass is 16.5. The molecule has 1 aromatic carbocycles. The highest BCUT2D eigenvalue weighted by Crippen LogP contribution is 2.28. The Labute approximate surface area is 158 Å². The summed E-state index contributed by atoms with van der Waals surface area (Å²) in [6.07, 6.45) is 3.33. The maximum Gasteiger partial charge on any atom is 0.193 e. The zero-order valence-electron chi connectivity index (χ0n) is 16.5. The summed E-state index contributed by atoms with van der Waals surface area (Å²) in [5.41, 5.74) is 1.17. The highest BCUT2D eigenvalue weighted by molar-refractivity contribution is 5.80. The molecule has 0 amide bonds. The van der Waals surface area contributed by atoms with E-state index in [4.69, 9.17) is 9.47 Å². The number of benzene rings is 1. The lowest BCUT2D eigenvalue weighted by Gasteiger charge is -2.38. The number of unbranched alkanes of at least 4 members (excludes halogenated alkanes) is 1. The van der Waals surface area contributed by atoms with Gasteiger partial charge in [0.1, 0.15) is 5.75 Å². The largest absolute Gasteiger partial charge is 0.495 e. The van der Waals surface area contributed by atoms with Crippen LogP contribution in [0.3, 0.4) is 0 Å². The molecule has 0 aliphatic carbocycles. The molecular weight excluding hydrogens is 328 g/mol. The fourth-order valence-corrected chi connectivity index (χ4v) is 3.11. The first-order valence-electron chi connectivity index (χ1n) is 9.71. The van der Waals surface area contributed by atoms with Crippen LogP contribution in [0.2, 0.25) is 0 Å². The van der Waals surface area contributed by atoms with Crippen LogP contribution in [-0.4, -0.2) is 71.0 Å². The van der Waals surface area contributed by atoms with Crippen LogP contribution in [0.4, 0.5) is 5.69 Å². The van der Waals surface area contributed by atoms with Crippen molar-refractivity contribution >= 4 is 11.6 Å². The number of rotatable bonds is 9. The van der Waals surface area contributed by atoms with Crippen LogP contribution >= 0.6 is 0 Å². The Morgan fingerprint density at radius 3 is 2.54 bits per heavy atom. The number of ether oxygens (including phenoxy) is 2. The molecule has 1 saturated heterocycles. The van der Waals surface area contributed by atoms with Gasteiger partial charge < -0.3 is 24.6 Å². The van der Waals surface area contributed by atoms with Gasteiger partial charge in [0.25, 0.3) is 0 Å². The molecule has 2 rings (SSSR count). The van der Waals surface area contributed by atoms with E-state index < -0.39 is 0 Å². The molecule has 0 atom stereocenters. The number of hydrogen-bond acceptors (Lipinski definition) is 4. The Morgan fingerprint density at radius 1 is 1.12 bits per heavy atom. The first-order chi connectivity index (χ1) is 12.8. The third-order valence-electron chi connectivity index (χ3n) is 4.61. The molecule has 6 heteroatoms. The number of anilines is 1. The zero-order chi connectivity index (χ0) is 18.6. The SMILES string of the molecule is CCCCOCCCNC(=NC)N1CCN(c2ccccc2OC)CC1. The van der Waals surface area contributed by atoms with Crippen molar-refractivity contribution in [2.45, 2.75) is 26.2 Å². The molecule has 26 heavy (non-hydrogen) atoms. The fraction of sp³-hybridized carbons (Fsp3) is 0.650. The summed E-state index contributed by atoms with van der Waals surface area (Å²) in [5.74, 6) is 1.92. The summed E-state index contributed by atoms with van der Waals surface area (Å²) in [4.78, 5) is 9.14. The van der Waals surface area contributed by atoms with E-state index in [2.05, 4.69) is 39.2 Å². The van der Waals surface area contributed by atoms with E-state index in [1.165, 1.54) is 12.1 Å². The smallest absolute Gasteiger partial charge is 0.193 e. The molecule has 1 N–H and O–H groups in total. The van der Waals surface area contributed by atoms with Crippen molar-refractivity contribution in [2.24, 2.45) is 4.99 Å². The number of para-hydroxylation sites is 2. The lowest BCUT2D eigenvalue weighted by Crippen LogP contribution is -2.52. The first kappa shape index (κ1) is 20.4. The molecule has 1 fully saturated rings. The normalized spacial score (nSPS) is 15.3. The van der Waals surface area contributed by atoms with Crippen LogP contribution in [0.25, 0.3) is 0 Å². The number of piperazine rings is 1. The standard InChI is InChI=1S/C20H34N4O2/c1-4-5-16-26-17-8-11-22-20(21-2)24-14-12-23(13-15-24)18-9-6-7-10-19(18)25-3/h6-7,9-10H,4-5,8,11-17H2,1-3H3,(H,21,22). The second-order valence-electron chi connectivity index (χ2n) is 6.44. The lowest BCUT2D eigenvalue weighted by molar-refractivity contribution is 0.129. The van der Waals surface area contributed by atoms with Gasteiger partial charge in [-0.2, -0.15) is 0 Å². The number of guanidine groups is 1. The van der Waals surface area contributed by atoms with Gasteiger partial charge >= 0.3 is 0 Å². The van der Waals surface area contributed by atoms with Crippen molar-refractivity contribution in [3.63, 3.8) is 0 Å². The molecule has 0 bridgehead atoms. The summed E-state index contributed by atoms with van der Waals surface area (Å²) in [6.45, 7) is 8.58. The minimum absolute atomic E-state index is 0.811. The van der Waals surface area contributed by atoms with Crippen molar-refractivity contribution in [1.29, 1.82) is 0 Å². The van der Waals surface area contributed by atoms with E-state index in [0.29, 0.717) is 0 Å². The van der Waals surface area contributed by atoms with Crippen molar-refractivity contribution in [1.82, 2.24) is 10.2 Å². The van der Waals surface area contributed by atoms with Gasteiger partial charge in [-0.3, -0.25) is 4.99 Å². The molecule has 1 heterocycles. The minimum Gasteiger partial charge on any atom is -0.495 e. The molecule has 0 radical (unpaired) electrons. The molecule has 0 unspecified atom stereocenters. The van der Waals surface area contributed by atoms with Gasteiger partial charge in [-0.25, -0.2) is 0 Å². The Bertz CT molecular complexity index is 542. The summed E-state index contributed by atoms with van der Waals surface area (Å²) in [7, 11) is 3.58. The number of nitrogens with zero attached hydrogens (tertiary/aromatic N) is 3. The van der Waals surface area contributed by atoms with Crippen molar-refractivity contribution in [2.75, 3.05) is 65.0 Å². The summed E-state index contributed by atoms with van der Waals surface area (Å²) in [5, 5.41) is 3.46. The Morgan fingerprint density at radius 2 is 1.85 bits per heavy atom. The number of aliphatic imine (C=N–C) groups is 1. The maximum absolute atomic E-state index is 5.61. The average Bonchev–Trinajstić information content (AvgIpc) is 2.70. The van der Waals surface area contributed by atoms with Crippen LogP contribution in [0.1, 0.15) is 26.2 Å². The van der Waals surface area contributed by atoms with Crippen LogP contribution in [0, 0.1) is 0 Å². The second-order valence-corrected chi connectivity index (χ2v) is 6.44. The van der Waals surface area contributed by atoms with E-state index in [0.717, 1.165) is 70.5 Å². The lowest BCUT2D eigenvalue weighted by atomic mass is 10.2. The molecule has 1 aromatic rings. The molecule has 1 aliphatic heterocycles. The molecule has 1 aliphatic rings. The van der Waals surface area contributed by atoms with Crippen molar-refractivity contribution in [3.8, 4) is 5.75 Å².